The van der Waals surface area contributed by atoms with Gasteiger partial charge >= 0.3 is 5.97 Å². The first-order chi connectivity index (χ1) is 9.69. The average molecular weight is 320 g/mol. The zero-order valence-electron chi connectivity index (χ0n) is 12.7. The third-order valence-corrected chi connectivity index (χ3v) is 5.94. The lowest BCUT2D eigenvalue weighted by atomic mass is 9.95. The van der Waals surface area contributed by atoms with Gasteiger partial charge in [-0.05, 0) is 18.8 Å². The van der Waals surface area contributed by atoms with Crippen molar-refractivity contribution in [3.63, 3.8) is 0 Å². The fourth-order valence-corrected chi connectivity index (χ4v) is 3.38. The van der Waals surface area contributed by atoms with Crippen LogP contribution in [0.5, 0.6) is 0 Å². The van der Waals surface area contributed by atoms with Crippen LogP contribution in [0.25, 0.3) is 0 Å². The lowest BCUT2D eigenvalue weighted by Gasteiger charge is -2.16. The van der Waals surface area contributed by atoms with Crippen LogP contribution in [0.15, 0.2) is 0 Å². The van der Waals surface area contributed by atoms with Gasteiger partial charge in [0.25, 0.3) is 0 Å². The highest BCUT2D eigenvalue weighted by atomic mass is 32.2. The van der Waals surface area contributed by atoms with Gasteiger partial charge in [-0.1, -0.05) is 13.3 Å². The molecule has 0 heterocycles. The van der Waals surface area contributed by atoms with Gasteiger partial charge in [0.1, 0.15) is 0 Å². The Morgan fingerprint density at radius 2 is 1.81 bits per heavy atom. The number of aliphatic carboxylic acids is 1. The third kappa shape index (κ3) is 4.67. The Hall–Kier alpha value is -1.15. The number of hydrogen-bond donors (Lipinski definition) is 2. The van der Waals surface area contributed by atoms with Crippen molar-refractivity contribution in [2.75, 3.05) is 26.4 Å². The molecule has 1 aliphatic carbocycles. The summed E-state index contributed by atoms with van der Waals surface area (Å²) >= 11 is 0. The van der Waals surface area contributed by atoms with Gasteiger partial charge in [0.15, 0.2) is 0 Å². The fraction of sp³-hybridized carbons (Fsp3) is 0.846. The minimum absolute atomic E-state index is 0.00101. The number of hydrogen-bond acceptors (Lipinski definition) is 4. The molecule has 0 radical (unpaired) electrons. The van der Waals surface area contributed by atoms with Crippen LogP contribution in [0.3, 0.4) is 0 Å². The molecule has 21 heavy (non-hydrogen) atoms. The smallest absolute Gasteiger partial charge is 0.307 e. The zero-order chi connectivity index (χ0) is 16.2. The molecule has 1 aliphatic rings. The van der Waals surface area contributed by atoms with E-state index in [-0.39, 0.29) is 24.1 Å². The highest BCUT2D eigenvalue weighted by molar-refractivity contribution is 7.89. The van der Waals surface area contributed by atoms with Crippen molar-refractivity contribution >= 4 is 21.9 Å². The summed E-state index contributed by atoms with van der Waals surface area (Å²) in [4.78, 5) is 23.3. The molecule has 1 amide bonds. The Labute approximate surface area is 125 Å². The first kappa shape index (κ1) is 17.9. The number of amides is 1. The summed E-state index contributed by atoms with van der Waals surface area (Å²) < 4.78 is 24.3. The van der Waals surface area contributed by atoms with Crippen LogP contribution in [0.4, 0.5) is 0 Å². The summed E-state index contributed by atoms with van der Waals surface area (Å²) in [6.45, 7) is 1.98. The van der Waals surface area contributed by atoms with Gasteiger partial charge < -0.3 is 10.4 Å². The molecular weight excluding hydrogens is 296 g/mol. The van der Waals surface area contributed by atoms with Crippen molar-refractivity contribution in [3.8, 4) is 0 Å². The van der Waals surface area contributed by atoms with Gasteiger partial charge in [0, 0.05) is 20.6 Å². The molecule has 1 fully saturated rings. The van der Waals surface area contributed by atoms with E-state index in [0.717, 1.165) is 10.7 Å². The lowest BCUT2D eigenvalue weighted by Crippen LogP contribution is -2.39. The molecule has 3 atom stereocenters. The summed E-state index contributed by atoms with van der Waals surface area (Å²) in [6, 6.07) is 0. The Kier molecular flexibility index (Phi) is 6.15. The number of carbonyl (C=O) groups is 2. The molecule has 7 nitrogen and oxygen atoms in total. The van der Waals surface area contributed by atoms with Gasteiger partial charge in [-0.3, -0.25) is 9.59 Å². The summed E-state index contributed by atoms with van der Waals surface area (Å²) in [5.41, 5.74) is 0. The van der Waals surface area contributed by atoms with E-state index in [1.54, 1.807) is 0 Å². The van der Waals surface area contributed by atoms with E-state index in [2.05, 4.69) is 5.32 Å². The van der Waals surface area contributed by atoms with Crippen molar-refractivity contribution in [2.24, 2.45) is 17.8 Å². The second-order valence-corrected chi connectivity index (χ2v) is 7.99. The minimum atomic E-state index is -3.36. The van der Waals surface area contributed by atoms with E-state index in [0.29, 0.717) is 12.8 Å². The molecule has 0 aromatic heterocycles. The second-order valence-electron chi connectivity index (χ2n) is 5.69. The summed E-state index contributed by atoms with van der Waals surface area (Å²) in [7, 11) is -0.498. The van der Waals surface area contributed by atoms with Gasteiger partial charge in [-0.2, -0.15) is 0 Å². The highest BCUT2D eigenvalue weighted by Gasteiger charge is 2.41. The van der Waals surface area contributed by atoms with E-state index in [9.17, 15) is 23.1 Å². The molecule has 1 rings (SSSR count). The number of sulfonamides is 1. The SMILES string of the molecule is CCC1C[C@H](C(=O)NCCS(=O)(=O)N(C)C)[C@H](C(=O)O)C1. The maximum absolute atomic E-state index is 12.1. The molecule has 0 bridgehead atoms. The molecule has 0 spiro atoms. The van der Waals surface area contributed by atoms with Crippen LogP contribution in [0, 0.1) is 17.8 Å². The van der Waals surface area contributed by atoms with Gasteiger partial charge in [-0.25, -0.2) is 12.7 Å². The molecule has 0 saturated heterocycles. The lowest BCUT2D eigenvalue weighted by molar-refractivity contribution is -0.146. The van der Waals surface area contributed by atoms with Crippen molar-refractivity contribution in [1.29, 1.82) is 0 Å². The first-order valence-electron chi connectivity index (χ1n) is 7.09. The van der Waals surface area contributed by atoms with E-state index in [1.165, 1.54) is 14.1 Å². The van der Waals surface area contributed by atoms with Crippen molar-refractivity contribution in [2.45, 2.75) is 26.2 Å². The van der Waals surface area contributed by atoms with Crippen LogP contribution >= 0.6 is 0 Å². The molecule has 122 valence electrons. The largest absolute Gasteiger partial charge is 0.481 e. The van der Waals surface area contributed by atoms with Crippen LogP contribution < -0.4 is 5.32 Å². The standard InChI is InChI=1S/C13H24N2O5S/c1-4-9-7-10(11(8-9)13(17)18)12(16)14-5-6-21(19,20)15(2)3/h9-11H,4-8H2,1-3H3,(H,14,16)(H,17,18)/t9?,10-,11+/m0/s1. The molecule has 2 N–H and O–H groups in total. The van der Waals surface area contributed by atoms with Gasteiger partial charge in [0.2, 0.25) is 15.9 Å². The van der Waals surface area contributed by atoms with Crippen LogP contribution in [0.2, 0.25) is 0 Å². The van der Waals surface area contributed by atoms with Gasteiger partial charge in [-0.15, -0.1) is 0 Å². The Morgan fingerprint density at radius 1 is 1.24 bits per heavy atom. The fourth-order valence-electron chi connectivity index (χ4n) is 2.66. The monoisotopic (exact) mass is 320 g/mol. The summed E-state index contributed by atoms with van der Waals surface area (Å²) in [5.74, 6) is -2.48. The third-order valence-electron chi connectivity index (χ3n) is 4.11. The van der Waals surface area contributed by atoms with E-state index < -0.39 is 27.8 Å². The van der Waals surface area contributed by atoms with Crippen molar-refractivity contribution in [3.05, 3.63) is 0 Å². The maximum Gasteiger partial charge on any atom is 0.307 e. The Balaban J connectivity index is 2.57. The zero-order valence-corrected chi connectivity index (χ0v) is 13.5. The molecule has 1 unspecified atom stereocenters. The second kappa shape index (κ2) is 7.22. The van der Waals surface area contributed by atoms with Gasteiger partial charge in [0.05, 0.1) is 17.6 Å². The molecule has 8 heteroatoms. The van der Waals surface area contributed by atoms with E-state index in [1.807, 2.05) is 6.92 Å². The number of rotatable bonds is 7. The van der Waals surface area contributed by atoms with E-state index in [4.69, 9.17) is 0 Å². The van der Waals surface area contributed by atoms with Crippen molar-refractivity contribution < 1.29 is 23.1 Å². The summed E-state index contributed by atoms with van der Waals surface area (Å²) in [5, 5.41) is 11.7. The minimum Gasteiger partial charge on any atom is -0.481 e. The first-order valence-corrected chi connectivity index (χ1v) is 8.70. The van der Waals surface area contributed by atoms with Crippen molar-refractivity contribution in [1.82, 2.24) is 9.62 Å². The average Bonchev–Trinajstić information content (AvgIpc) is 2.82. The highest BCUT2D eigenvalue weighted by Crippen LogP contribution is 2.38. The molecular formula is C13H24N2O5S. The predicted molar refractivity (Wildman–Crippen MR) is 78.1 cm³/mol. The van der Waals surface area contributed by atoms with Crippen LogP contribution in [-0.2, 0) is 19.6 Å². The number of carbonyl (C=O) groups excluding carboxylic acids is 1. The Bertz CT molecular complexity index is 489. The molecule has 1 saturated carbocycles. The number of nitrogens with zero attached hydrogens (tertiary/aromatic N) is 1. The molecule has 0 aliphatic heterocycles. The quantitative estimate of drug-likeness (QED) is 0.694. The molecule has 0 aromatic rings. The number of carboxylic acids is 1. The predicted octanol–water partition coefficient (Wildman–Crippen LogP) is 0.131. The number of nitrogens with one attached hydrogen (secondary N) is 1. The normalized spacial score (nSPS) is 26.0. The summed E-state index contributed by atoms with van der Waals surface area (Å²) in [6.07, 6.45) is 1.92. The topological polar surface area (TPSA) is 104 Å². The Morgan fingerprint density at radius 3 is 2.29 bits per heavy atom. The van der Waals surface area contributed by atoms with E-state index >= 15 is 0 Å². The van der Waals surface area contributed by atoms with Crippen LogP contribution in [0.1, 0.15) is 26.2 Å². The van der Waals surface area contributed by atoms with Crippen LogP contribution in [-0.4, -0.2) is 56.1 Å². The number of carboxylic acid groups (broad SMARTS) is 1. The molecule has 0 aromatic carbocycles. The maximum atomic E-state index is 12.1.